The number of nitro groups is 1. The van der Waals surface area contributed by atoms with Crippen LogP contribution in [0.1, 0.15) is 56.1 Å². The van der Waals surface area contributed by atoms with E-state index in [0.717, 1.165) is 11.6 Å². The third-order valence-electron chi connectivity index (χ3n) is 6.57. The molecule has 0 spiro atoms. The van der Waals surface area contributed by atoms with Crippen LogP contribution in [0.4, 0.5) is 17.1 Å². The number of sulfonamides is 1. The number of nitro benzene ring substituents is 1. The van der Waals surface area contributed by atoms with Crippen LogP contribution in [0.5, 0.6) is 5.75 Å². The molecule has 1 aliphatic rings. The fourth-order valence-corrected chi connectivity index (χ4v) is 5.52. The van der Waals surface area contributed by atoms with Crippen molar-refractivity contribution in [2.24, 2.45) is 5.10 Å². The van der Waals surface area contributed by atoms with Crippen LogP contribution >= 0.6 is 0 Å². The van der Waals surface area contributed by atoms with Crippen LogP contribution in [0, 0.1) is 10.1 Å². The molecule has 1 saturated carbocycles. The minimum Gasteiger partial charge on any atom is -0.497 e. The van der Waals surface area contributed by atoms with E-state index in [-0.39, 0.29) is 10.6 Å². The number of methoxy groups -OCH3 is 1. The quantitative estimate of drug-likeness (QED) is 0.193. The fraction of sp³-hybridized carbons (Fsp3) is 0.296. The zero-order chi connectivity index (χ0) is 26.4. The van der Waals surface area contributed by atoms with Crippen molar-refractivity contribution in [3.05, 3.63) is 88.0 Å². The van der Waals surface area contributed by atoms with E-state index in [9.17, 15) is 18.5 Å². The Bertz CT molecular complexity index is 1380. The first-order chi connectivity index (χ1) is 17.8. The molecule has 0 radical (unpaired) electrons. The molecule has 1 fully saturated rings. The molecular weight excluding hydrogens is 492 g/mol. The molecule has 3 aromatic rings. The van der Waals surface area contributed by atoms with Crippen molar-refractivity contribution < 1.29 is 18.1 Å². The normalized spacial score (nSPS) is 14.7. The van der Waals surface area contributed by atoms with E-state index in [4.69, 9.17) is 4.74 Å². The molecule has 0 unspecified atom stereocenters. The summed E-state index contributed by atoms with van der Waals surface area (Å²) in [6.07, 6.45) is 6.29. The second-order valence-corrected chi connectivity index (χ2v) is 10.7. The van der Waals surface area contributed by atoms with E-state index < -0.39 is 20.6 Å². The van der Waals surface area contributed by atoms with Gasteiger partial charge in [0.1, 0.15) is 11.4 Å². The zero-order valence-electron chi connectivity index (χ0n) is 20.8. The summed E-state index contributed by atoms with van der Waals surface area (Å²) < 4.78 is 33.1. The smallest absolute Gasteiger partial charge is 0.295 e. The van der Waals surface area contributed by atoms with Crippen molar-refractivity contribution in [2.75, 3.05) is 17.3 Å². The molecule has 9 nitrogen and oxygen atoms in total. The topological polar surface area (TPSA) is 123 Å². The van der Waals surface area contributed by atoms with Crippen LogP contribution in [0.2, 0.25) is 0 Å². The van der Waals surface area contributed by atoms with Crippen LogP contribution in [0.3, 0.4) is 0 Å². The minimum atomic E-state index is -4.05. The fourth-order valence-electron chi connectivity index (χ4n) is 4.44. The molecule has 37 heavy (non-hydrogen) atoms. The van der Waals surface area contributed by atoms with Crippen molar-refractivity contribution in [3.63, 3.8) is 0 Å². The van der Waals surface area contributed by atoms with Gasteiger partial charge in [0.15, 0.2) is 0 Å². The lowest BCUT2D eigenvalue weighted by Crippen LogP contribution is -2.13. The average Bonchev–Trinajstić information content (AvgIpc) is 2.92. The Kier molecular flexibility index (Phi) is 8.08. The number of nitrogens with one attached hydrogen (secondary N) is 2. The third-order valence-corrected chi connectivity index (χ3v) is 7.95. The first kappa shape index (κ1) is 26.2. The number of anilines is 2. The van der Waals surface area contributed by atoms with Gasteiger partial charge >= 0.3 is 0 Å². The average molecular weight is 523 g/mol. The van der Waals surface area contributed by atoms with Gasteiger partial charge in [0.05, 0.1) is 22.6 Å². The lowest BCUT2D eigenvalue weighted by Gasteiger charge is -2.22. The zero-order valence-corrected chi connectivity index (χ0v) is 21.6. The van der Waals surface area contributed by atoms with E-state index in [1.807, 2.05) is 19.1 Å². The maximum Gasteiger partial charge on any atom is 0.295 e. The van der Waals surface area contributed by atoms with Crippen molar-refractivity contribution in [2.45, 2.75) is 49.8 Å². The van der Waals surface area contributed by atoms with Gasteiger partial charge in [0.2, 0.25) is 0 Å². The summed E-state index contributed by atoms with van der Waals surface area (Å²) >= 11 is 0. The van der Waals surface area contributed by atoms with Gasteiger partial charge in [-0.1, -0.05) is 43.5 Å². The Morgan fingerprint density at radius 3 is 2.30 bits per heavy atom. The maximum atomic E-state index is 12.8. The monoisotopic (exact) mass is 522 g/mol. The van der Waals surface area contributed by atoms with Gasteiger partial charge in [0, 0.05) is 11.8 Å². The number of hydrogen-bond donors (Lipinski definition) is 2. The molecule has 10 heteroatoms. The van der Waals surface area contributed by atoms with E-state index in [2.05, 4.69) is 27.4 Å². The molecule has 0 aliphatic heterocycles. The number of ether oxygens (including phenoxy) is 1. The Labute approximate surface area is 216 Å². The summed E-state index contributed by atoms with van der Waals surface area (Å²) in [7, 11) is -2.55. The van der Waals surface area contributed by atoms with Gasteiger partial charge in [-0.15, -0.1) is 0 Å². The largest absolute Gasteiger partial charge is 0.497 e. The van der Waals surface area contributed by atoms with Gasteiger partial charge < -0.3 is 4.74 Å². The van der Waals surface area contributed by atoms with Crippen LogP contribution in [0.25, 0.3) is 0 Å². The highest BCUT2D eigenvalue weighted by molar-refractivity contribution is 7.92. The van der Waals surface area contributed by atoms with Gasteiger partial charge in [-0.25, -0.2) is 8.42 Å². The summed E-state index contributed by atoms with van der Waals surface area (Å²) in [5.74, 6) is 1.18. The van der Waals surface area contributed by atoms with Crippen molar-refractivity contribution in [3.8, 4) is 5.75 Å². The Morgan fingerprint density at radius 2 is 1.68 bits per heavy atom. The molecule has 0 heterocycles. The Morgan fingerprint density at radius 1 is 1.00 bits per heavy atom. The van der Waals surface area contributed by atoms with Crippen molar-refractivity contribution in [1.82, 2.24) is 0 Å². The molecular formula is C27H30N4O5S. The molecule has 0 aromatic heterocycles. The molecule has 3 aromatic carbocycles. The van der Waals surface area contributed by atoms with Crippen LogP contribution in [-0.4, -0.2) is 26.2 Å². The van der Waals surface area contributed by atoms with Gasteiger partial charge in [-0.3, -0.25) is 20.3 Å². The maximum absolute atomic E-state index is 12.8. The standard InChI is InChI=1S/C27H30N4O5S/c1-19(20-8-10-22(11-9-20)21-6-4-3-5-7-21)28-29-26-17-16-25(18-27(26)31(32)33)37(34,35)30-23-12-14-24(36-2)15-13-23/h8-18,21,29-30H,3-7H2,1-2H3. The second kappa shape index (κ2) is 11.4. The van der Waals surface area contributed by atoms with E-state index in [0.29, 0.717) is 23.1 Å². The lowest BCUT2D eigenvalue weighted by atomic mass is 9.84. The molecule has 4 rings (SSSR count). The molecule has 2 N–H and O–H groups in total. The minimum absolute atomic E-state index is 0.0894. The van der Waals surface area contributed by atoms with Crippen LogP contribution in [-0.2, 0) is 10.0 Å². The Hall–Kier alpha value is -3.92. The van der Waals surface area contributed by atoms with Gasteiger partial charge in [-0.2, -0.15) is 5.10 Å². The molecule has 0 atom stereocenters. The molecule has 0 bridgehead atoms. The third kappa shape index (κ3) is 6.45. The number of hydrogen-bond acceptors (Lipinski definition) is 7. The van der Waals surface area contributed by atoms with Crippen LogP contribution in [0.15, 0.2) is 76.7 Å². The van der Waals surface area contributed by atoms with Crippen LogP contribution < -0.4 is 14.9 Å². The first-order valence-corrected chi connectivity index (χ1v) is 13.6. The predicted octanol–water partition coefficient (Wildman–Crippen LogP) is 6.29. The summed E-state index contributed by atoms with van der Waals surface area (Å²) in [6, 6.07) is 18.2. The van der Waals surface area contributed by atoms with Gasteiger partial charge in [0.25, 0.3) is 15.7 Å². The second-order valence-electron chi connectivity index (χ2n) is 9.04. The van der Waals surface area contributed by atoms with E-state index in [1.165, 1.54) is 56.9 Å². The van der Waals surface area contributed by atoms with Crippen molar-refractivity contribution in [1.29, 1.82) is 0 Å². The molecule has 194 valence electrons. The number of rotatable bonds is 9. The number of nitrogens with zero attached hydrogens (tertiary/aromatic N) is 2. The summed E-state index contributed by atoms with van der Waals surface area (Å²) in [5.41, 5.74) is 5.61. The highest BCUT2D eigenvalue weighted by Crippen LogP contribution is 2.33. The van der Waals surface area contributed by atoms with Crippen molar-refractivity contribution >= 4 is 32.8 Å². The van der Waals surface area contributed by atoms with Gasteiger partial charge in [-0.05, 0) is 73.2 Å². The molecule has 1 aliphatic carbocycles. The highest BCUT2D eigenvalue weighted by atomic mass is 32.2. The molecule has 0 saturated heterocycles. The number of hydrazone groups is 1. The SMILES string of the molecule is COc1ccc(NS(=O)(=O)c2ccc(NN=C(C)c3ccc(C4CCCCC4)cc3)c([N+](=O)[O-])c2)cc1. The predicted molar refractivity (Wildman–Crippen MR) is 145 cm³/mol. The summed E-state index contributed by atoms with van der Waals surface area (Å²) in [5, 5.41) is 16.0. The lowest BCUT2D eigenvalue weighted by molar-refractivity contribution is -0.384. The van der Waals surface area contributed by atoms with E-state index in [1.54, 1.807) is 24.3 Å². The summed E-state index contributed by atoms with van der Waals surface area (Å²) in [4.78, 5) is 10.8. The number of benzene rings is 3. The Balaban J connectivity index is 1.50. The highest BCUT2D eigenvalue weighted by Gasteiger charge is 2.22. The summed E-state index contributed by atoms with van der Waals surface area (Å²) in [6.45, 7) is 1.81. The first-order valence-electron chi connectivity index (χ1n) is 12.1. The molecule has 0 amide bonds. The van der Waals surface area contributed by atoms with E-state index >= 15 is 0 Å².